The number of anilines is 1. The third kappa shape index (κ3) is 4.64. The predicted molar refractivity (Wildman–Crippen MR) is 132 cm³/mol. The van der Waals surface area contributed by atoms with Crippen molar-refractivity contribution in [3.8, 4) is 22.6 Å². The van der Waals surface area contributed by atoms with Gasteiger partial charge in [0, 0.05) is 45.4 Å². The van der Waals surface area contributed by atoms with Crippen LogP contribution in [-0.2, 0) is 18.4 Å². The van der Waals surface area contributed by atoms with Crippen molar-refractivity contribution in [2.75, 3.05) is 31.1 Å². The molecule has 0 atom stereocenters. The molecule has 3 aromatic heterocycles. The number of benzene rings is 1. The summed E-state index contributed by atoms with van der Waals surface area (Å²) < 4.78 is 17.6. The van der Waals surface area contributed by atoms with Crippen LogP contribution in [0.25, 0.3) is 22.6 Å². The highest BCUT2D eigenvalue weighted by Crippen LogP contribution is 2.25. The normalized spacial score (nSPS) is 13.8. The maximum absolute atomic E-state index is 14.0. The molecule has 0 spiro atoms. The average molecular weight is 472 g/mol. The molecule has 5 rings (SSSR count). The molecule has 1 aliphatic rings. The summed E-state index contributed by atoms with van der Waals surface area (Å²) in [7, 11) is 1.82. The standard InChI is InChI=1S/C27H28FN6O/c1-20-22(28)11-12-24(31(20)2)23-18-25(21-8-4-3-5-9-21)34(30-23)19-27(35)33-16-14-32(15-17-33)26-10-6-7-13-29-26/h3-13,18H,14-17,19H2,1-2H3/q+1. The Morgan fingerprint density at radius 3 is 2.46 bits per heavy atom. The highest BCUT2D eigenvalue weighted by Gasteiger charge is 2.25. The van der Waals surface area contributed by atoms with E-state index in [2.05, 4.69) is 9.88 Å². The van der Waals surface area contributed by atoms with Gasteiger partial charge in [0.05, 0.1) is 5.69 Å². The van der Waals surface area contributed by atoms with Crippen molar-refractivity contribution in [2.24, 2.45) is 7.05 Å². The van der Waals surface area contributed by atoms with Crippen LogP contribution >= 0.6 is 0 Å². The molecule has 1 saturated heterocycles. The van der Waals surface area contributed by atoms with Crippen LogP contribution in [0.2, 0.25) is 0 Å². The predicted octanol–water partition coefficient (Wildman–Crippen LogP) is 3.23. The Kier molecular flexibility index (Phi) is 6.27. The van der Waals surface area contributed by atoms with E-state index in [0.717, 1.165) is 35.9 Å². The highest BCUT2D eigenvalue weighted by molar-refractivity contribution is 5.78. The fourth-order valence-corrected chi connectivity index (χ4v) is 4.44. The van der Waals surface area contributed by atoms with Crippen molar-refractivity contribution >= 4 is 11.7 Å². The van der Waals surface area contributed by atoms with Crippen LogP contribution in [0.15, 0.2) is 72.9 Å². The molecule has 1 aromatic carbocycles. The number of piperazine rings is 1. The van der Waals surface area contributed by atoms with Crippen LogP contribution in [0.1, 0.15) is 5.69 Å². The molecule has 4 aromatic rings. The third-order valence-electron chi connectivity index (χ3n) is 6.60. The lowest BCUT2D eigenvalue weighted by Gasteiger charge is -2.35. The van der Waals surface area contributed by atoms with E-state index in [4.69, 9.17) is 5.10 Å². The summed E-state index contributed by atoms with van der Waals surface area (Å²) >= 11 is 0. The fraction of sp³-hybridized carbons (Fsp3) is 0.259. The van der Waals surface area contributed by atoms with Crippen molar-refractivity contribution in [1.29, 1.82) is 0 Å². The molecule has 8 heteroatoms. The lowest BCUT2D eigenvalue weighted by Crippen LogP contribution is -2.49. The van der Waals surface area contributed by atoms with Crippen LogP contribution in [0.3, 0.4) is 0 Å². The number of amides is 1. The molecule has 0 aliphatic carbocycles. The lowest BCUT2D eigenvalue weighted by atomic mass is 10.1. The Morgan fingerprint density at radius 2 is 1.74 bits per heavy atom. The van der Waals surface area contributed by atoms with E-state index >= 15 is 0 Å². The first-order valence-corrected chi connectivity index (χ1v) is 11.7. The summed E-state index contributed by atoms with van der Waals surface area (Å²) in [6.45, 7) is 4.62. The van der Waals surface area contributed by atoms with Gasteiger partial charge in [0.25, 0.3) is 0 Å². The van der Waals surface area contributed by atoms with E-state index in [1.807, 2.05) is 66.5 Å². The monoisotopic (exact) mass is 471 g/mol. The van der Waals surface area contributed by atoms with Crippen molar-refractivity contribution < 1.29 is 13.8 Å². The molecule has 0 unspecified atom stereocenters. The van der Waals surface area contributed by atoms with Crippen LogP contribution < -0.4 is 9.47 Å². The molecule has 1 fully saturated rings. The van der Waals surface area contributed by atoms with Gasteiger partial charge in [0.15, 0.2) is 11.5 Å². The van der Waals surface area contributed by atoms with Crippen LogP contribution in [0, 0.1) is 12.7 Å². The van der Waals surface area contributed by atoms with E-state index in [1.165, 1.54) is 6.07 Å². The zero-order valence-corrected chi connectivity index (χ0v) is 19.9. The molecule has 0 bridgehead atoms. The van der Waals surface area contributed by atoms with E-state index in [1.54, 1.807) is 28.4 Å². The molecule has 35 heavy (non-hydrogen) atoms. The Labute approximate surface area is 204 Å². The number of hydrogen-bond donors (Lipinski definition) is 0. The van der Waals surface area contributed by atoms with Gasteiger partial charge in [-0.3, -0.25) is 9.48 Å². The average Bonchev–Trinajstić information content (AvgIpc) is 3.31. The van der Waals surface area contributed by atoms with Gasteiger partial charge in [-0.25, -0.2) is 9.37 Å². The van der Waals surface area contributed by atoms with Crippen molar-refractivity contribution in [3.63, 3.8) is 0 Å². The number of rotatable bonds is 5. The molecule has 1 amide bonds. The van der Waals surface area contributed by atoms with Gasteiger partial charge in [-0.1, -0.05) is 36.4 Å². The van der Waals surface area contributed by atoms with E-state index in [0.29, 0.717) is 24.5 Å². The second kappa shape index (κ2) is 9.66. The van der Waals surface area contributed by atoms with Gasteiger partial charge >= 0.3 is 0 Å². The minimum absolute atomic E-state index is 0.0252. The van der Waals surface area contributed by atoms with E-state index in [9.17, 15) is 9.18 Å². The molecule has 1 aliphatic heterocycles. The first kappa shape index (κ1) is 22.7. The zero-order chi connectivity index (χ0) is 24.4. The molecular formula is C27H28FN6O+. The largest absolute Gasteiger partial charge is 0.353 e. The Morgan fingerprint density at radius 1 is 1.00 bits per heavy atom. The number of carbonyl (C=O) groups excluding carboxylic acids is 1. The van der Waals surface area contributed by atoms with Crippen molar-refractivity contribution in [1.82, 2.24) is 19.7 Å². The molecule has 178 valence electrons. The number of halogens is 1. The maximum Gasteiger partial charge on any atom is 0.244 e. The Hall–Kier alpha value is -4.07. The summed E-state index contributed by atoms with van der Waals surface area (Å²) in [5.41, 5.74) is 3.84. The first-order valence-electron chi connectivity index (χ1n) is 11.7. The van der Waals surface area contributed by atoms with Gasteiger partial charge in [0.2, 0.25) is 17.3 Å². The summed E-state index contributed by atoms with van der Waals surface area (Å²) in [5.74, 6) is 0.696. The van der Waals surface area contributed by atoms with Gasteiger partial charge in [0.1, 0.15) is 19.4 Å². The smallest absolute Gasteiger partial charge is 0.244 e. The zero-order valence-electron chi connectivity index (χ0n) is 19.9. The summed E-state index contributed by atoms with van der Waals surface area (Å²) in [4.78, 5) is 21.8. The number of pyridine rings is 2. The summed E-state index contributed by atoms with van der Waals surface area (Å²) in [6, 6.07) is 20.9. The summed E-state index contributed by atoms with van der Waals surface area (Å²) in [5, 5.41) is 4.79. The topological polar surface area (TPSA) is 58.1 Å². The number of aromatic nitrogens is 4. The molecule has 7 nitrogen and oxygen atoms in total. The van der Waals surface area contributed by atoms with Gasteiger partial charge in [-0.15, -0.1) is 0 Å². The second-order valence-electron chi connectivity index (χ2n) is 8.71. The molecular weight excluding hydrogens is 443 g/mol. The molecule has 0 N–H and O–H groups in total. The van der Waals surface area contributed by atoms with E-state index in [-0.39, 0.29) is 18.3 Å². The number of carbonyl (C=O) groups is 1. The van der Waals surface area contributed by atoms with Crippen LogP contribution in [-0.4, -0.2) is 51.8 Å². The van der Waals surface area contributed by atoms with Crippen molar-refractivity contribution in [3.05, 3.63) is 84.4 Å². The molecule has 0 saturated carbocycles. The van der Waals surface area contributed by atoms with E-state index < -0.39 is 0 Å². The minimum Gasteiger partial charge on any atom is -0.353 e. The summed E-state index contributed by atoms with van der Waals surface area (Å²) in [6.07, 6.45) is 1.79. The lowest BCUT2D eigenvalue weighted by molar-refractivity contribution is -0.668. The highest BCUT2D eigenvalue weighted by atomic mass is 19.1. The molecule has 0 radical (unpaired) electrons. The Bertz CT molecular complexity index is 1330. The van der Waals surface area contributed by atoms with Crippen LogP contribution in [0.4, 0.5) is 10.2 Å². The van der Waals surface area contributed by atoms with Crippen molar-refractivity contribution in [2.45, 2.75) is 13.5 Å². The van der Waals surface area contributed by atoms with Crippen LogP contribution in [0.5, 0.6) is 0 Å². The van der Waals surface area contributed by atoms with Gasteiger partial charge in [-0.05, 0) is 29.8 Å². The SMILES string of the molecule is Cc1c(F)ccc(-c2cc(-c3ccccc3)n(CC(=O)N3CCN(c4ccccn4)CC3)n2)[n+]1C. The quantitative estimate of drug-likeness (QED) is 0.420. The fourth-order valence-electron chi connectivity index (χ4n) is 4.44. The number of nitrogens with zero attached hydrogens (tertiary/aromatic N) is 6. The minimum atomic E-state index is -0.265. The maximum atomic E-state index is 14.0. The number of hydrogen-bond acceptors (Lipinski definition) is 4. The third-order valence-corrected chi connectivity index (χ3v) is 6.60. The van der Waals surface area contributed by atoms with Gasteiger partial charge in [-0.2, -0.15) is 9.67 Å². The first-order chi connectivity index (χ1) is 17.0. The molecule has 4 heterocycles. The Balaban J connectivity index is 1.39. The second-order valence-corrected chi connectivity index (χ2v) is 8.71. The van der Waals surface area contributed by atoms with Gasteiger partial charge < -0.3 is 9.80 Å².